The third kappa shape index (κ3) is 4.06. The van der Waals surface area contributed by atoms with Gasteiger partial charge < -0.3 is 4.74 Å². The molecule has 28 heavy (non-hydrogen) atoms. The monoisotopic (exact) mass is 398 g/mol. The molecule has 0 bridgehead atoms. The summed E-state index contributed by atoms with van der Waals surface area (Å²) in [6, 6.07) is 11.9. The topological polar surface area (TPSA) is 43.0 Å². The number of hydrogen-bond acceptors (Lipinski definition) is 2. The summed E-state index contributed by atoms with van der Waals surface area (Å²) in [6.07, 6.45) is 2.82. The van der Waals surface area contributed by atoms with Gasteiger partial charge in [-0.3, -0.25) is 0 Å². The summed E-state index contributed by atoms with van der Waals surface area (Å²) in [4.78, 5) is 3.49. The zero-order valence-corrected chi connectivity index (χ0v) is 17.1. The molecule has 1 aliphatic heterocycles. The third-order valence-electron chi connectivity index (χ3n) is 4.76. The van der Waals surface area contributed by atoms with E-state index in [1.807, 2.05) is 32.9 Å². The Bertz CT molecular complexity index is 958. The fourth-order valence-electron chi connectivity index (χ4n) is 3.30. The number of hydrogen-bond donors (Lipinski definition) is 0. The van der Waals surface area contributed by atoms with E-state index < -0.39 is 21.3 Å². The van der Waals surface area contributed by atoms with Crippen LogP contribution in [0.3, 0.4) is 0 Å². The molecule has 3 rings (SSSR count). The predicted molar refractivity (Wildman–Crippen MR) is 110 cm³/mol. The Labute approximate surface area is 167 Å². The Kier molecular flexibility index (Phi) is 5.78. The van der Waals surface area contributed by atoms with Gasteiger partial charge in [0, 0.05) is 6.21 Å². The second kappa shape index (κ2) is 7.94. The van der Waals surface area contributed by atoms with Gasteiger partial charge in [-0.25, -0.2) is 13.4 Å². The SMILES string of the molecule is [C-]#[N+]c1ccc2c(c1)COC2(CC/C=N/S(=O)C(C)(C)C)c1ccc(F)cc1. The molecule has 1 aliphatic rings. The highest BCUT2D eigenvalue weighted by Gasteiger charge is 2.41. The van der Waals surface area contributed by atoms with Crippen LogP contribution in [-0.2, 0) is 27.9 Å². The number of fused-ring (bicyclic) bond motifs is 1. The first-order chi connectivity index (χ1) is 13.3. The molecule has 0 N–H and O–H groups in total. The molecule has 0 radical (unpaired) electrons. The Morgan fingerprint density at radius 2 is 2.00 bits per heavy atom. The number of rotatable bonds is 5. The fraction of sp³-hybridized carbons (Fsp3) is 0.364. The van der Waals surface area contributed by atoms with Crippen LogP contribution >= 0.6 is 0 Å². The van der Waals surface area contributed by atoms with Crippen LogP contribution in [0.1, 0.15) is 50.3 Å². The quantitative estimate of drug-likeness (QED) is 0.496. The maximum Gasteiger partial charge on any atom is 0.187 e. The van der Waals surface area contributed by atoms with Crippen LogP contribution in [0.5, 0.6) is 0 Å². The van der Waals surface area contributed by atoms with Crippen molar-refractivity contribution in [2.24, 2.45) is 4.40 Å². The van der Waals surface area contributed by atoms with E-state index in [0.717, 1.165) is 16.7 Å². The van der Waals surface area contributed by atoms with Crippen LogP contribution < -0.4 is 0 Å². The van der Waals surface area contributed by atoms with Crippen LogP contribution in [-0.4, -0.2) is 15.2 Å². The van der Waals surface area contributed by atoms with Crippen molar-refractivity contribution in [1.29, 1.82) is 0 Å². The Morgan fingerprint density at radius 3 is 2.64 bits per heavy atom. The molecule has 0 spiro atoms. The highest BCUT2D eigenvalue weighted by molar-refractivity contribution is 7.85. The summed E-state index contributed by atoms with van der Waals surface area (Å²) in [7, 11) is -1.31. The van der Waals surface area contributed by atoms with Gasteiger partial charge in [-0.05, 0) is 62.4 Å². The molecule has 0 saturated heterocycles. The van der Waals surface area contributed by atoms with E-state index in [0.29, 0.717) is 25.1 Å². The zero-order valence-electron chi connectivity index (χ0n) is 16.2. The van der Waals surface area contributed by atoms with Crippen molar-refractivity contribution in [1.82, 2.24) is 0 Å². The minimum absolute atomic E-state index is 0.303. The summed E-state index contributed by atoms with van der Waals surface area (Å²) < 4.78 is 35.6. The molecular formula is C22H23FN2O2S. The average molecular weight is 399 g/mol. The van der Waals surface area contributed by atoms with Gasteiger partial charge in [0.25, 0.3) is 0 Å². The molecule has 0 aliphatic carbocycles. The van der Waals surface area contributed by atoms with E-state index in [9.17, 15) is 8.60 Å². The molecule has 2 unspecified atom stereocenters. The van der Waals surface area contributed by atoms with Crippen molar-refractivity contribution in [3.05, 3.63) is 76.4 Å². The van der Waals surface area contributed by atoms with Crippen LogP contribution in [0.2, 0.25) is 0 Å². The van der Waals surface area contributed by atoms with Crippen molar-refractivity contribution in [3.63, 3.8) is 0 Å². The minimum atomic E-state index is -1.31. The van der Waals surface area contributed by atoms with Gasteiger partial charge in [-0.1, -0.05) is 30.3 Å². The molecule has 1 heterocycles. The van der Waals surface area contributed by atoms with E-state index >= 15 is 0 Å². The minimum Gasteiger partial charge on any atom is -0.361 e. The summed E-state index contributed by atoms with van der Waals surface area (Å²) in [5.74, 6) is -0.303. The van der Waals surface area contributed by atoms with Crippen molar-refractivity contribution in [2.45, 2.75) is 50.6 Å². The smallest absolute Gasteiger partial charge is 0.187 e. The summed E-state index contributed by atoms with van der Waals surface area (Å²) >= 11 is 0. The van der Waals surface area contributed by atoms with Gasteiger partial charge >= 0.3 is 0 Å². The lowest BCUT2D eigenvalue weighted by atomic mass is 9.82. The van der Waals surface area contributed by atoms with Crippen molar-refractivity contribution in [3.8, 4) is 0 Å². The largest absolute Gasteiger partial charge is 0.361 e. The molecule has 146 valence electrons. The Hall–Kier alpha value is -2.36. The van der Waals surface area contributed by atoms with Crippen LogP contribution in [0.25, 0.3) is 4.85 Å². The highest BCUT2D eigenvalue weighted by Crippen LogP contribution is 2.46. The van der Waals surface area contributed by atoms with Gasteiger partial charge in [-0.2, -0.15) is 4.40 Å². The van der Waals surface area contributed by atoms with Crippen molar-refractivity contribution >= 4 is 22.9 Å². The maximum atomic E-state index is 13.5. The van der Waals surface area contributed by atoms with Gasteiger partial charge in [-0.15, -0.1) is 0 Å². The van der Waals surface area contributed by atoms with Crippen molar-refractivity contribution < 1.29 is 13.3 Å². The lowest BCUT2D eigenvalue weighted by Crippen LogP contribution is -2.27. The van der Waals surface area contributed by atoms with E-state index in [4.69, 9.17) is 11.3 Å². The molecular weight excluding hydrogens is 375 g/mol. The summed E-state index contributed by atoms with van der Waals surface area (Å²) in [5, 5.41) is 0. The van der Waals surface area contributed by atoms with Gasteiger partial charge in [0.05, 0.1) is 17.9 Å². The molecule has 2 atom stereocenters. The highest BCUT2D eigenvalue weighted by atomic mass is 32.2. The molecule has 0 fully saturated rings. The lowest BCUT2D eigenvalue weighted by Gasteiger charge is -2.30. The molecule has 0 saturated carbocycles. The zero-order chi connectivity index (χ0) is 20.4. The van der Waals surface area contributed by atoms with Gasteiger partial charge in [0.2, 0.25) is 0 Å². The molecule has 0 aromatic heterocycles. The normalized spacial score (nSPS) is 20.1. The van der Waals surface area contributed by atoms with E-state index in [2.05, 4.69) is 9.24 Å². The van der Waals surface area contributed by atoms with Crippen LogP contribution in [0.4, 0.5) is 10.1 Å². The van der Waals surface area contributed by atoms with Gasteiger partial charge in [0.1, 0.15) is 22.4 Å². The Balaban J connectivity index is 1.93. The number of nitrogens with zero attached hydrogens (tertiary/aromatic N) is 2. The number of benzene rings is 2. The Morgan fingerprint density at radius 1 is 1.29 bits per heavy atom. The first-order valence-corrected chi connectivity index (χ1v) is 10.2. The van der Waals surface area contributed by atoms with Crippen LogP contribution in [0, 0.1) is 12.4 Å². The molecule has 4 nitrogen and oxygen atoms in total. The maximum absolute atomic E-state index is 13.5. The average Bonchev–Trinajstić information content (AvgIpc) is 3.03. The third-order valence-corrected chi connectivity index (χ3v) is 6.15. The van der Waals surface area contributed by atoms with E-state index in [1.165, 1.54) is 12.1 Å². The van der Waals surface area contributed by atoms with Gasteiger partial charge in [0.15, 0.2) is 5.69 Å². The van der Waals surface area contributed by atoms with Crippen LogP contribution in [0.15, 0.2) is 46.9 Å². The molecule has 2 aromatic rings. The van der Waals surface area contributed by atoms with E-state index in [-0.39, 0.29) is 5.82 Å². The summed E-state index contributed by atoms with van der Waals surface area (Å²) in [5.41, 5.74) is 2.64. The lowest BCUT2D eigenvalue weighted by molar-refractivity contribution is -0.00999. The standard InChI is InChI=1S/C22H23FN2O2S/c1-21(2,3)28(26)25-13-5-12-22(17-6-8-18(23)9-7-17)20-11-10-19(24-4)14-16(20)15-27-22/h6-11,13-14H,5,12,15H2,1-3H3/b25-13+. The van der Waals surface area contributed by atoms with E-state index in [1.54, 1.807) is 24.4 Å². The number of halogens is 1. The molecule has 2 aromatic carbocycles. The molecule has 0 amide bonds. The number of ether oxygens (including phenoxy) is 1. The second-order valence-electron chi connectivity index (χ2n) is 7.76. The predicted octanol–water partition coefficient (Wildman–Crippen LogP) is 5.46. The second-order valence-corrected chi connectivity index (χ2v) is 9.70. The first-order valence-electron chi connectivity index (χ1n) is 9.12. The summed E-state index contributed by atoms with van der Waals surface area (Å²) in [6.45, 7) is 13.2. The van der Waals surface area contributed by atoms with Crippen molar-refractivity contribution in [2.75, 3.05) is 0 Å². The first kappa shape index (κ1) is 20.4. The molecule has 6 heteroatoms. The fourth-order valence-corrected chi connectivity index (χ4v) is 3.85.